The van der Waals surface area contributed by atoms with Crippen LogP contribution in [-0.4, -0.2) is 16.9 Å². The number of ether oxygens (including phenoxy) is 1. The molecule has 0 aliphatic heterocycles. The van der Waals surface area contributed by atoms with Crippen molar-refractivity contribution in [3.8, 4) is 11.5 Å². The number of ketones is 1. The van der Waals surface area contributed by atoms with E-state index in [1.807, 2.05) is 25.1 Å². The monoisotopic (exact) mass is 356 g/mol. The predicted octanol–water partition coefficient (Wildman–Crippen LogP) is 4.85. The van der Waals surface area contributed by atoms with Crippen LogP contribution in [0.3, 0.4) is 0 Å². The lowest BCUT2D eigenvalue weighted by Gasteiger charge is -2.09. The van der Waals surface area contributed by atoms with E-state index in [0.717, 1.165) is 18.4 Å². The molecule has 0 aromatic heterocycles. The minimum Gasteiger partial charge on any atom is -0.504 e. The van der Waals surface area contributed by atoms with Crippen molar-refractivity contribution in [2.45, 2.75) is 33.1 Å². The number of carbonyl (C=O) groups excluding carboxylic acids is 2. The van der Waals surface area contributed by atoms with Gasteiger partial charge in [-0.1, -0.05) is 31.2 Å². The number of rotatable bonds is 7. The van der Waals surface area contributed by atoms with E-state index >= 15 is 0 Å². The summed E-state index contributed by atoms with van der Waals surface area (Å²) in [5.41, 5.74) is 1.22. The molecule has 2 aromatic rings. The third-order valence-corrected chi connectivity index (χ3v) is 3.93. The lowest BCUT2D eigenvalue weighted by Crippen LogP contribution is -2.10. The smallest absolute Gasteiger partial charge is 0.343 e. The Morgan fingerprint density at radius 1 is 1.15 bits per heavy atom. The lowest BCUT2D eigenvalue weighted by molar-refractivity contribution is 0.0727. The van der Waals surface area contributed by atoms with Crippen LogP contribution in [-0.2, 0) is 6.42 Å². The maximum Gasteiger partial charge on any atom is 0.343 e. The molecular formula is C21H21FO4. The van der Waals surface area contributed by atoms with Gasteiger partial charge >= 0.3 is 5.97 Å². The summed E-state index contributed by atoms with van der Waals surface area (Å²) in [6.45, 7) is 3.57. The van der Waals surface area contributed by atoms with Gasteiger partial charge in [-0.25, -0.2) is 4.79 Å². The van der Waals surface area contributed by atoms with E-state index in [0.29, 0.717) is 0 Å². The molecule has 0 amide bonds. The molecule has 0 fully saturated rings. The second-order valence-electron chi connectivity index (χ2n) is 5.74. The van der Waals surface area contributed by atoms with Crippen molar-refractivity contribution in [2.24, 2.45) is 0 Å². The van der Waals surface area contributed by atoms with Crippen LogP contribution in [0.1, 0.15) is 53.0 Å². The fraction of sp³-hybridized carbons (Fsp3) is 0.238. The first-order valence-corrected chi connectivity index (χ1v) is 8.44. The molecule has 5 heteroatoms. The first-order chi connectivity index (χ1) is 12.5. The van der Waals surface area contributed by atoms with Crippen LogP contribution in [0.15, 0.2) is 48.6 Å². The number of hydrogen-bond donors (Lipinski definition) is 1. The summed E-state index contributed by atoms with van der Waals surface area (Å²) in [7, 11) is 0. The number of allylic oxidation sites excluding steroid dienone is 2. The summed E-state index contributed by atoms with van der Waals surface area (Å²) in [6, 6.07) is 9.27. The van der Waals surface area contributed by atoms with Gasteiger partial charge in [0.2, 0.25) is 5.82 Å². The van der Waals surface area contributed by atoms with Gasteiger partial charge in [0.25, 0.3) is 0 Å². The second kappa shape index (κ2) is 8.94. The molecule has 0 radical (unpaired) electrons. The largest absolute Gasteiger partial charge is 0.504 e. The third-order valence-electron chi connectivity index (χ3n) is 3.93. The highest BCUT2D eigenvalue weighted by Gasteiger charge is 2.20. The molecule has 4 nitrogen and oxygen atoms in total. The summed E-state index contributed by atoms with van der Waals surface area (Å²) < 4.78 is 19.2. The molecule has 26 heavy (non-hydrogen) atoms. The first kappa shape index (κ1) is 19.4. The summed E-state index contributed by atoms with van der Waals surface area (Å²) >= 11 is 0. The summed E-state index contributed by atoms with van der Waals surface area (Å²) in [6.07, 6.45) is 5.94. The van der Waals surface area contributed by atoms with Crippen LogP contribution >= 0.6 is 0 Å². The Bertz CT molecular complexity index is 823. The Labute approximate surface area is 151 Å². The van der Waals surface area contributed by atoms with Gasteiger partial charge in [0, 0.05) is 6.42 Å². The van der Waals surface area contributed by atoms with Crippen LogP contribution < -0.4 is 4.74 Å². The number of carbonyl (C=O) groups is 2. The number of Topliss-reactive ketones (excluding diaryl/α,β-unsaturated/α-hetero) is 1. The van der Waals surface area contributed by atoms with Gasteiger partial charge in [0.15, 0.2) is 17.3 Å². The molecule has 2 rings (SSSR count). The molecule has 136 valence electrons. The molecule has 0 saturated carbocycles. The summed E-state index contributed by atoms with van der Waals surface area (Å²) in [4.78, 5) is 23.8. The number of esters is 1. The molecule has 0 unspecified atom stereocenters. The zero-order chi connectivity index (χ0) is 19.1. The zero-order valence-electron chi connectivity index (χ0n) is 14.8. The number of halogens is 1. The highest BCUT2D eigenvalue weighted by Crippen LogP contribution is 2.30. The van der Waals surface area contributed by atoms with Crippen LogP contribution in [0.2, 0.25) is 0 Å². The number of phenols is 1. The average molecular weight is 356 g/mol. The van der Waals surface area contributed by atoms with Gasteiger partial charge < -0.3 is 9.84 Å². The van der Waals surface area contributed by atoms with Crippen molar-refractivity contribution in [1.82, 2.24) is 0 Å². The number of aryl methyl sites for hydroxylation is 1. The number of hydrogen-bond acceptors (Lipinski definition) is 4. The molecular weight excluding hydrogens is 335 g/mol. The Morgan fingerprint density at radius 3 is 2.46 bits per heavy atom. The van der Waals surface area contributed by atoms with Gasteiger partial charge in [-0.3, -0.25) is 4.79 Å². The minimum atomic E-state index is -1.12. The zero-order valence-corrected chi connectivity index (χ0v) is 14.8. The lowest BCUT2D eigenvalue weighted by atomic mass is 10.1. The van der Waals surface area contributed by atoms with E-state index in [1.165, 1.54) is 12.1 Å². The van der Waals surface area contributed by atoms with Crippen LogP contribution in [0.4, 0.5) is 4.39 Å². The van der Waals surface area contributed by atoms with Crippen molar-refractivity contribution >= 4 is 11.8 Å². The van der Waals surface area contributed by atoms with Crippen molar-refractivity contribution in [3.63, 3.8) is 0 Å². The van der Waals surface area contributed by atoms with Crippen molar-refractivity contribution in [3.05, 3.63) is 71.1 Å². The van der Waals surface area contributed by atoms with Gasteiger partial charge in [-0.2, -0.15) is 4.39 Å². The Hall–Kier alpha value is -2.95. The standard InChI is InChI=1S/C21H21FO4/c1-3-5-6-7-14-8-10-15(11-9-14)21(25)26-18-13-12-16(17(23)4-2)20(24)19(18)22/h3,5,8-13,24H,4,6-7H2,1-2H3. The SMILES string of the molecule is CC=CCCc1ccc(C(=O)Oc2ccc(C(=O)CC)c(O)c2F)cc1. The van der Waals surface area contributed by atoms with Gasteiger partial charge in [-0.05, 0) is 49.6 Å². The van der Waals surface area contributed by atoms with E-state index in [2.05, 4.69) is 6.08 Å². The predicted molar refractivity (Wildman–Crippen MR) is 97.2 cm³/mol. The number of benzene rings is 2. The topological polar surface area (TPSA) is 63.6 Å². The maximum atomic E-state index is 14.2. The van der Waals surface area contributed by atoms with Gasteiger partial charge in [0.1, 0.15) is 0 Å². The fourth-order valence-electron chi connectivity index (χ4n) is 2.42. The van der Waals surface area contributed by atoms with E-state index < -0.39 is 29.1 Å². The first-order valence-electron chi connectivity index (χ1n) is 8.44. The van der Waals surface area contributed by atoms with Crippen LogP contribution in [0.5, 0.6) is 11.5 Å². The highest BCUT2D eigenvalue weighted by molar-refractivity contribution is 5.99. The molecule has 0 aliphatic carbocycles. The molecule has 0 aliphatic rings. The van der Waals surface area contributed by atoms with Gasteiger partial charge in [-0.15, -0.1) is 0 Å². The van der Waals surface area contributed by atoms with E-state index in [4.69, 9.17) is 4.74 Å². The second-order valence-corrected chi connectivity index (χ2v) is 5.74. The minimum absolute atomic E-state index is 0.129. The molecule has 0 bridgehead atoms. The molecule has 1 N–H and O–H groups in total. The van der Waals surface area contributed by atoms with Crippen molar-refractivity contribution in [2.75, 3.05) is 0 Å². The Morgan fingerprint density at radius 2 is 1.85 bits per heavy atom. The number of phenolic OH excluding ortho intramolecular Hbond substituents is 1. The van der Waals surface area contributed by atoms with E-state index in [1.54, 1.807) is 19.1 Å². The third kappa shape index (κ3) is 4.57. The average Bonchev–Trinajstić information content (AvgIpc) is 2.65. The molecule has 0 saturated heterocycles. The van der Waals surface area contributed by atoms with Crippen LogP contribution in [0, 0.1) is 5.82 Å². The molecule has 0 atom stereocenters. The normalized spacial score (nSPS) is 10.9. The highest BCUT2D eigenvalue weighted by atomic mass is 19.1. The maximum absolute atomic E-state index is 14.2. The van der Waals surface area contributed by atoms with Gasteiger partial charge in [0.05, 0.1) is 11.1 Å². The van der Waals surface area contributed by atoms with E-state index in [-0.39, 0.29) is 17.5 Å². The van der Waals surface area contributed by atoms with Crippen LogP contribution in [0.25, 0.3) is 0 Å². The Balaban J connectivity index is 2.12. The molecule has 0 heterocycles. The van der Waals surface area contributed by atoms with Crippen molar-refractivity contribution < 1.29 is 23.8 Å². The number of aromatic hydroxyl groups is 1. The molecule has 2 aromatic carbocycles. The Kier molecular flexibility index (Phi) is 6.67. The van der Waals surface area contributed by atoms with Crippen molar-refractivity contribution in [1.29, 1.82) is 0 Å². The summed E-state index contributed by atoms with van der Waals surface area (Å²) in [5.74, 6) is -3.48. The molecule has 0 spiro atoms. The quantitative estimate of drug-likeness (QED) is 0.333. The van der Waals surface area contributed by atoms with E-state index in [9.17, 15) is 19.1 Å². The summed E-state index contributed by atoms with van der Waals surface area (Å²) in [5, 5.41) is 9.81. The fourth-order valence-corrected chi connectivity index (χ4v) is 2.42.